The molecule has 1 N–H and O–H groups in total. The van der Waals surface area contributed by atoms with E-state index < -0.39 is 23.6 Å². The lowest BCUT2D eigenvalue weighted by atomic mass is 9.97. The molecule has 5 rings (SSSR count). The maximum Gasteiger partial charge on any atom is 0.260 e. The molecule has 2 aromatic heterocycles. The van der Waals surface area contributed by atoms with Gasteiger partial charge in [-0.15, -0.1) is 0 Å². The highest BCUT2D eigenvalue weighted by Crippen LogP contribution is 2.51. The van der Waals surface area contributed by atoms with Crippen molar-refractivity contribution in [1.29, 1.82) is 0 Å². The van der Waals surface area contributed by atoms with Crippen molar-refractivity contribution in [2.24, 2.45) is 13.0 Å². The first-order valence-electron chi connectivity index (χ1n) is 9.51. The van der Waals surface area contributed by atoms with Crippen LogP contribution in [0.25, 0.3) is 5.57 Å². The molecule has 10 heteroatoms. The van der Waals surface area contributed by atoms with Gasteiger partial charge in [0.2, 0.25) is 11.9 Å². The maximum absolute atomic E-state index is 14.5. The molecule has 0 spiro atoms. The fourth-order valence-corrected chi connectivity index (χ4v) is 4.28. The second kappa shape index (κ2) is 6.30. The van der Waals surface area contributed by atoms with Crippen molar-refractivity contribution in [2.75, 3.05) is 5.32 Å². The van der Waals surface area contributed by atoms with Crippen LogP contribution in [-0.2, 0) is 11.8 Å². The second-order valence-electron chi connectivity index (χ2n) is 7.88. The number of nitrogens with zero attached hydrogens (tertiary/aromatic N) is 5. The Balaban J connectivity index is 1.40. The highest BCUT2D eigenvalue weighted by Gasteiger charge is 2.63. The van der Waals surface area contributed by atoms with Crippen LogP contribution in [0.15, 0.2) is 24.7 Å². The van der Waals surface area contributed by atoms with Crippen molar-refractivity contribution in [2.45, 2.75) is 43.7 Å². The molecule has 1 saturated carbocycles. The number of hydrogen-bond acceptors (Lipinski definition) is 5. The highest BCUT2D eigenvalue weighted by molar-refractivity contribution is 5.85. The van der Waals surface area contributed by atoms with Crippen LogP contribution in [0.5, 0.6) is 0 Å². The smallest absolute Gasteiger partial charge is 0.260 e. The predicted octanol–water partition coefficient (Wildman–Crippen LogP) is 2.89. The Morgan fingerprint density at radius 1 is 1.31 bits per heavy atom. The van der Waals surface area contributed by atoms with E-state index in [9.17, 15) is 18.0 Å². The molecule has 1 saturated heterocycles. The molecule has 7 nitrogen and oxygen atoms in total. The summed E-state index contributed by atoms with van der Waals surface area (Å²) in [4.78, 5) is 22.4. The largest absolute Gasteiger partial charge is 0.332 e. The van der Waals surface area contributed by atoms with Gasteiger partial charge in [-0.3, -0.25) is 9.48 Å². The van der Waals surface area contributed by atoms with Crippen molar-refractivity contribution in [3.8, 4) is 0 Å². The number of amides is 1. The standard InChI is InChI=1S/C19H19F3N6O/c1-27-9-11(7-24-27)25-18-23-8-15(20)16(26-18)10-4-12-2-3-13(5-10)28(12)17(29)14-6-19(14,21)22/h4,7-9,12-14H,2-3,5-6H2,1H3,(H,23,25,26)/t12?,13?,14-/m0/s1. The molecule has 1 aliphatic carbocycles. The summed E-state index contributed by atoms with van der Waals surface area (Å²) in [5.41, 5.74) is 1.52. The van der Waals surface area contributed by atoms with Gasteiger partial charge in [0.15, 0.2) is 5.82 Å². The lowest BCUT2D eigenvalue weighted by Crippen LogP contribution is -2.44. The molecule has 3 atom stereocenters. The van der Waals surface area contributed by atoms with Crippen molar-refractivity contribution in [1.82, 2.24) is 24.6 Å². The van der Waals surface area contributed by atoms with E-state index in [0.29, 0.717) is 30.5 Å². The minimum absolute atomic E-state index is 0.173. The van der Waals surface area contributed by atoms with Gasteiger partial charge in [0, 0.05) is 25.7 Å². The predicted molar refractivity (Wildman–Crippen MR) is 97.8 cm³/mol. The zero-order valence-electron chi connectivity index (χ0n) is 15.6. The Morgan fingerprint density at radius 2 is 2.10 bits per heavy atom. The number of nitrogens with one attached hydrogen (secondary N) is 1. The Bertz CT molecular complexity index is 1020. The van der Waals surface area contributed by atoms with Gasteiger partial charge >= 0.3 is 0 Å². The molecule has 1 amide bonds. The number of rotatable bonds is 4. The number of fused-ring (bicyclic) bond motifs is 2. The monoisotopic (exact) mass is 404 g/mol. The fraction of sp³-hybridized carbons (Fsp3) is 0.474. The topological polar surface area (TPSA) is 75.9 Å². The van der Waals surface area contributed by atoms with Crippen LogP contribution in [0, 0.1) is 11.7 Å². The summed E-state index contributed by atoms with van der Waals surface area (Å²) in [6.07, 6.45) is 7.65. The molecule has 0 radical (unpaired) electrons. The van der Waals surface area contributed by atoms with Gasteiger partial charge in [0.05, 0.1) is 24.1 Å². The van der Waals surface area contributed by atoms with Gasteiger partial charge in [0.1, 0.15) is 11.6 Å². The normalized spacial score (nSPS) is 27.0. The number of carbonyl (C=O) groups excluding carboxylic acids is 1. The molecular formula is C19H19F3N6O. The average molecular weight is 404 g/mol. The summed E-state index contributed by atoms with van der Waals surface area (Å²) in [5.74, 6) is -4.89. The summed E-state index contributed by atoms with van der Waals surface area (Å²) >= 11 is 0. The van der Waals surface area contributed by atoms with E-state index in [1.165, 1.54) is 0 Å². The van der Waals surface area contributed by atoms with Crippen LogP contribution in [0.4, 0.5) is 24.8 Å². The summed E-state index contributed by atoms with van der Waals surface area (Å²) in [6, 6.07) is -0.496. The number of alkyl halides is 2. The number of anilines is 2. The molecule has 2 bridgehead atoms. The van der Waals surface area contributed by atoms with E-state index >= 15 is 0 Å². The summed E-state index contributed by atoms with van der Waals surface area (Å²) < 4.78 is 42.8. The van der Waals surface area contributed by atoms with Gasteiger partial charge < -0.3 is 10.2 Å². The third-order valence-electron chi connectivity index (χ3n) is 5.78. The van der Waals surface area contributed by atoms with E-state index in [4.69, 9.17) is 0 Å². The number of halogens is 3. The summed E-state index contributed by atoms with van der Waals surface area (Å²) in [6.45, 7) is 0. The minimum Gasteiger partial charge on any atom is -0.332 e. The lowest BCUT2D eigenvalue weighted by Gasteiger charge is -2.34. The maximum atomic E-state index is 14.5. The molecule has 2 unspecified atom stereocenters. The molecule has 2 aliphatic heterocycles. The van der Waals surface area contributed by atoms with E-state index in [1.54, 1.807) is 35.1 Å². The molecule has 152 valence electrons. The number of carbonyl (C=O) groups is 1. The van der Waals surface area contributed by atoms with Gasteiger partial charge in [-0.25, -0.2) is 23.1 Å². The van der Waals surface area contributed by atoms with E-state index in [1.807, 2.05) is 0 Å². The number of hydrogen-bond donors (Lipinski definition) is 1. The van der Waals surface area contributed by atoms with Gasteiger partial charge in [-0.05, 0) is 24.8 Å². The Morgan fingerprint density at radius 3 is 2.76 bits per heavy atom. The molecule has 29 heavy (non-hydrogen) atoms. The molecule has 3 aliphatic rings. The van der Waals surface area contributed by atoms with Crippen LogP contribution in [0.2, 0.25) is 0 Å². The van der Waals surface area contributed by atoms with E-state index in [-0.39, 0.29) is 30.1 Å². The molecule has 2 aromatic rings. The van der Waals surface area contributed by atoms with Crippen LogP contribution >= 0.6 is 0 Å². The molecule has 0 aromatic carbocycles. The van der Waals surface area contributed by atoms with Gasteiger partial charge in [-0.2, -0.15) is 5.10 Å². The van der Waals surface area contributed by atoms with E-state index in [2.05, 4.69) is 20.4 Å². The fourth-order valence-electron chi connectivity index (χ4n) is 4.28. The van der Waals surface area contributed by atoms with Crippen molar-refractivity contribution in [3.63, 3.8) is 0 Å². The summed E-state index contributed by atoms with van der Waals surface area (Å²) in [5, 5.41) is 7.03. The van der Waals surface area contributed by atoms with Crippen molar-refractivity contribution < 1.29 is 18.0 Å². The third kappa shape index (κ3) is 3.16. The van der Waals surface area contributed by atoms with Crippen molar-refractivity contribution in [3.05, 3.63) is 36.2 Å². The first-order valence-corrected chi connectivity index (χ1v) is 9.51. The first kappa shape index (κ1) is 18.1. The van der Waals surface area contributed by atoms with Gasteiger partial charge in [-0.1, -0.05) is 6.08 Å². The second-order valence-corrected chi connectivity index (χ2v) is 7.88. The average Bonchev–Trinajstić information content (AvgIpc) is 2.97. The first-order chi connectivity index (χ1) is 13.8. The van der Waals surface area contributed by atoms with Crippen LogP contribution in [0.3, 0.4) is 0 Å². The molecule has 2 fully saturated rings. The zero-order valence-corrected chi connectivity index (χ0v) is 15.6. The Kier molecular flexibility index (Phi) is 3.94. The van der Waals surface area contributed by atoms with Crippen molar-refractivity contribution >= 4 is 23.1 Å². The molecular weight excluding hydrogens is 385 g/mol. The number of aryl methyl sites for hydroxylation is 1. The third-order valence-corrected chi connectivity index (χ3v) is 5.78. The molecule has 4 heterocycles. The quantitative estimate of drug-likeness (QED) is 0.848. The Labute approximate surface area is 164 Å². The van der Waals surface area contributed by atoms with E-state index in [0.717, 1.165) is 6.20 Å². The summed E-state index contributed by atoms with van der Waals surface area (Å²) in [7, 11) is 1.77. The SMILES string of the molecule is Cn1cc(Nc2ncc(F)c(C3=CC4CCC(C3)N4C(=O)[C@@H]3CC3(F)F)n2)cn1. The Hall–Kier alpha value is -2.91. The van der Waals surface area contributed by atoms with Crippen LogP contribution in [0.1, 0.15) is 31.4 Å². The van der Waals surface area contributed by atoms with Crippen LogP contribution < -0.4 is 5.32 Å². The highest BCUT2D eigenvalue weighted by atomic mass is 19.3. The van der Waals surface area contributed by atoms with Gasteiger partial charge in [0.25, 0.3) is 5.92 Å². The zero-order chi connectivity index (χ0) is 20.3. The van der Waals surface area contributed by atoms with Crippen LogP contribution in [-0.4, -0.2) is 48.6 Å². The minimum atomic E-state index is -2.88. The number of aromatic nitrogens is 4. The lowest BCUT2D eigenvalue weighted by molar-refractivity contribution is -0.137.